The fourth-order valence-electron chi connectivity index (χ4n) is 3.57. The number of aryl methyl sites for hydroxylation is 4. The lowest BCUT2D eigenvalue weighted by Gasteiger charge is -2.10. The molecule has 1 N–H and O–H groups in total. The van der Waals surface area contributed by atoms with Crippen molar-refractivity contribution in [2.24, 2.45) is 0 Å². The Morgan fingerprint density at radius 3 is 2.61 bits per heavy atom. The van der Waals surface area contributed by atoms with E-state index >= 15 is 0 Å². The molecule has 0 aliphatic heterocycles. The number of furan rings is 1. The first-order valence-electron chi connectivity index (χ1n) is 9.01. The van der Waals surface area contributed by atoms with E-state index < -0.39 is 5.63 Å². The van der Waals surface area contributed by atoms with Crippen LogP contribution in [-0.2, 0) is 11.2 Å². The summed E-state index contributed by atoms with van der Waals surface area (Å²) < 4.78 is 11.3. The topological polar surface area (TPSA) is 85.3 Å². The predicted octanol–water partition coefficient (Wildman–Crippen LogP) is 4.35. The molecule has 4 rings (SSSR count). The Kier molecular flexibility index (Phi) is 4.26. The highest BCUT2D eigenvalue weighted by Gasteiger charge is 2.20. The van der Waals surface area contributed by atoms with Gasteiger partial charge in [0.15, 0.2) is 0 Å². The van der Waals surface area contributed by atoms with E-state index in [9.17, 15) is 9.59 Å². The Morgan fingerprint density at radius 1 is 1.11 bits per heavy atom. The highest BCUT2D eigenvalue weighted by molar-refractivity contribution is 6.07. The van der Waals surface area contributed by atoms with Gasteiger partial charge in [0, 0.05) is 11.6 Å². The van der Waals surface area contributed by atoms with E-state index in [1.54, 1.807) is 18.5 Å². The van der Waals surface area contributed by atoms with Crippen molar-refractivity contribution in [2.45, 2.75) is 34.1 Å². The molecular formula is C22H20N2O4. The summed E-state index contributed by atoms with van der Waals surface area (Å²) in [5, 5.41) is 4.45. The lowest BCUT2D eigenvalue weighted by atomic mass is 9.99. The van der Waals surface area contributed by atoms with Gasteiger partial charge in [-0.25, -0.2) is 9.78 Å². The van der Waals surface area contributed by atoms with E-state index in [4.69, 9.17) is 8.83 Å². The minimum absolute atomic E-state index is 0.102. The maximum Gasteiger partial charge on any atom is 0.340 e. The van der Waals surface area contributed by atoms with Crippen LogP contribution < -0.4 is 10.9 Å². The second-order valence-corrected chi connectivity index (χ2v) is 7.13. The molecule has 0 aliphatic carbocycles. The fourth-order valence-corrected chi connectivity index (χ4v) is 3.57. The van der Waals surface area contributed by atoms with Gasteiger partial charge >= 0.3 is 5.63 Å². The molecule has 3 heterocycles. The largest absolute Gasteiger partial charge is 0.463 e. The van der Waals surface area contributed by atoms with Crippen LogP contribution in [-0.4, -0.2) is 10.9 Å². The number of nitrogens with zero attached hydrogens (tertiary/aromatic N) is 1. The van der Waals surface area contributed by atoms with Crippen LogP contribution in [0.25, 0.3) is 21.9 Å². The van der Waals surface area contributed by atoms with Gasteiger partial charge in [-0.1, -0.05) is 6.07 Å². The smallest absolute Gasteiger partial charge is 0.340 e. The zero-order valence-electron chi connectivity index (χ0n) is 16.2. The van der Waals surface area contributed by atoms with Crippen molar-refractivity contribution in [3.05, 3.63) is 68.9 Å². The van der Waals surface area contributed by atoms with Crippen LogP contribution in [0.2, 0.25) is 0 Å². The van der Waals surface area contributed by atoms with Crippen LogP contribution in [0.5, 0.6) is 0 Å². The number of carbonyl (C=O) groups is 1. The van der Waals surface area contributed by atoms with Crippen LogP contribution in [0.15, 0.2) is 44.3 Å². The predicted molar refractivity (Wildman–Crippen MR) is 108 cm³/mol. The average Bonchev–Trinajstić information content (AvgIpc) is 3.02. The molecule has 142 valence electrons. The van der Waals surface area contributed by atoms with Crippen molar-refractivity contribution < 1.29 is 13.6 Å². The number of aromatic nitrogens is 1. The summed E-state index contributed by atoms with van der Waals surface area (Å²) in [4.78, 5) is 29.2. The summed E-state index contributed by atoms with van der Waals surface area (Å²) in [6.45, 7) is 7.66. The van der Waals surface area contributed by atoms with E-state index in [2.05, 4.69) is 10.3 Å². The minimum Gasteiger partial charge on any atom is -0.463 e. The summed E-state index contributed by atoms with van der Waals surface area (Å²) in [5.74, 6) is 0.114. The van der Waals surface area contributed by atoms with Gasteiger partial charge in [-0.15, -0.1) is 0 Å². The first kappa shape index (κ1) is 18.0. The zero-order valence-corrected chi connectivity index (χ0v) is 16.2. The monoisotopic (exact) mass is 376 g/mol. The summed E-state index contributed by atoms with van der Waals surface area (Å²) in [5.41, 5.74) is 4.63. The summed E-state index contributed by atoms with van der Waals surface area (Å²) >= 11 is 0. The number of rotatable bonds is 3. The van der Waals surface area contributed by atoms with Gasteiger partial charge < -0.3 is 14.2 Å². The van der Waals surface area contributed by atoms with Crippen molar-refractivity contribution >= 4 is 33.7 Å². The van der Waals surface area contributed by atoms with Crippen molar-refractivity contribution in [3.63, 3.8) is 0 Å². The Labute approximate surface area is 161 Å². The molecule has 0 fully saturated rings. The first-order valence-corrected chi connectivity index (χ1v) is 9.01. The average molecular weight is 376 g/mol. The zero-order chi connectivity index (χ0) is 20.0. The standard InChI is InChI=1S/C22H20N2O4/c1-11-5-6-17(23-9-11)24-18(25)8-15-14(4)20-16(28-22(15)26)7-12(2)19-13(3)10-27-21(19)20/h5-7,9-10H,8H2,1-4H3,(H,23,24,25). The molecule has 1 aromatic carbocycles. The van der Waals surface area contributed by atoms with Crippen LogP contribution >= 0.6 is 0 Å². The molecule has 28 heavy (non-hydrogen) atoms. The first-order chi connectivity index (χ1) is 13.3. The van der Waals surface area contributed by atoms with Gasteiger partial charge in [-0.05, 0) is 62.1 Å². The van der Waals surface area contributed by atoms with E-state index in [0.29, 0.717) is 28.1 Å². The molecule has 3 aromatic heterocycles. The quantitative estimate of drug-likeness (QED) is 0.537. The number of pyridine rings is 1. The van der Waals surface area contributed by atoms with Crippen molar-refractivity contribution in [1.29, 1.82) is 0 Å². The molecule has 4 aromatic rings. The molecule has 6 heteroatoms. The second kappa shape index (κ2) is 6.64. The molecule has 0 radical (unpaired) electrons. The molecule has 0 bridgehead atoms. The third kappa shape index (κ3) is 2.97. The minimum atomic E-state index is -0.515. The van der Waals surface area contributed by atoms with Crippen molar-refractivity contribution in [2.75, 3.05) is 5.32 Å². The molecule has 0 aliphatic rings. The van der Waals surface area contributed by atoms with Crippen molar-refractivity contribution in [1.82, 2.24) is 4.98 Å². The lowest BCUT2D eigenvalue weighted by molar-refractivity contribution is -0.115. The highest BCUT2D eigenvalue weighted by Crippen LogP contribution is 2.34. The molecular weight excluding hydrogens is 356 g/mol. The normalized spacial score (nSPS) is 11.3. The number of carbonyl (C=O) groups excluding carboxylic acids is 1. The van der Waals surface area contributed by atoms with Crippen molar-refractivity contribution in [3.8, 4) is 0 Å². The van der Waals surface area contributed by atoms with Gasteiger partial charge in [-0.2, -0.15) is 0 Å². The Morgan fingerprint density at radius 2 is 1.89 bits per heavy atom. The number of hydrogen-bond acceptors (Lipinski definition) is 5. The van der Waals surface area contributed by atoms with Gasteiger partial charge in [0.05, 0.1) is 23.6 Å². The molecule has 0 saturated carbocycles. The van der Waals surface area contributed by atoms with E-state index in [0.717, 1.165) is 27.5 Å². The third-order valence-electron chi connectivity index (χ3n) is 4.98. The molecule has 1 amide bonds. The maximum atomic E-state index is 12.5. The lowest BCUT2D eigenvalue weighted by Crippen LogP contribution is -2.21. The number of fused-ring (bicyclic) bond motifs is 3. The van der Waals surface area contributed by atoms with Crippen LogP contribution in [0.3, 0.4) is 0 Å². The van der Waals surface area contributed by atoms with Crippen LogP contribution in [0, 0.1) is 27.7 Å². The van der Waals surface area contributed by atoms with E-state index in [1.807, 2.05) is 39.8 Å². The van der Waals surface area contributed by atoms with Gasteiger partial charge in [0.1, 0.15) is 17.0 Å². The Balaban J connectivity index is 1.78. The van der Waals surface area contributed by atoms with E-state index in [1.165, 1.54) is 0 Å². The Hall–Kier alpha value is -3.41. The maximum absolute atomic E-state index is 12.5. The number of benzene rings is 1. The second-order valence-electron chi connectivity index (χ2n) is 7.13. The number of nitrogens with one attached hydrogen (secondary N) is 1. The van der Waals surface area contributed by atoms with Gasteiger partial charge in [0.2, 0.25) is 5.91 Å². The van der Waals surface area contributed by atoms with Gasteiger partial charge in [-0.3, -0.25) is 4.79 Å². The Bertz CT molecular complexity index is 1280. The van der Waals surface area contributed by atoms with Gasteiger partial charge in [0.25, 0.3) is 0 Å². The van der Waals surface area contributed by atoms with E-state index in [-0.39, 0.29) is 12.3 Å². The molecule has 0 atom stereocenters. The van der Waals surface area contributed by atoms with Crippen LogP contribution in [0.1, 0.15) is 27.8 Å². The fraction of sp³-hybridized carbons (Fsp3) is 0.227. The number of hydrogen-bond donors (Lipinski definition) is 1. The molecule has 0 saturated heterocycles. The summed E-state index contributed by atoms with van der Waals surface area (Å²) in [6.07, 6.45) is 3.26. The summed E-state index contributed by atoms with van der Waals surface area (Å²) in [7, 11) is 0. The molecule has 0 spiro atoms. The molecule has 0 unspecified atom stereocenters. The SMILES string of the molecule is Cc1ccc(NC(=O)Cc2c(C)c3c(cc(C)c4c(C)coc43)oc2=O)nc1. The number of anilines is 1. The van der Waals surface area contributed by atoms with Crippen LogP contribution in [0.4, 0.5) is 5.82 Å². The third-order valence-corrected chi connectivity index (χ3v) is 4.98. The highest BCUT2D eigenvalue weighted by atomic mass is 16.4. The molecule has 6 nitrogen and oxygen atoms in total. The number of amides is 1. The summed E-state index contributed by atoms with van der Waals surface area (Å²) in [6, 6.07) is 5.42.